The maximum absolute atomic E-state index is 13.3. The van der Waals surface area contributed by atoms with E-state index in [1.807, 2.05) is 13.0 Å². The molecule has 0 radical (unpaired) electrons. The highest BCUT2D eigenvalue weighted by molar-refractivity contribution is 7.79. The van der Waals surface area contributed by atoms with E-state index in [4.69, 9.17) is 9.47 Å². The van der Waals surface area contributed by atoms with Crippen molar-refractivity contribution in [2.45, 2.75) is 46.0 Å². The number of esters is 1. The van der Waals surface area contributed by atoms with Crippen molar-refractivity contribution in [1.29, 1.82) is 0 Å². The van der Waals surface area contributed by atoms with Gasteiger partial charge in [0.2, 0.25) is 0 Å². The Balaban J connectivity index is 2.35. The van der Waals surface area contributed by atoms with E-state index in [0.29, 0.717) is 17.1 Å². The maximum Gasteiger partial charge on any atom is 0.310 e. The molecule has 0 saturated heterocycles. The molecular formula is C20H22F2O3S. The third-order valence-electron chi connectivity index (χ3n) is 4.15. The van der Waals surface area contributed by atoms with E-state index in [-0.39, 0.29) is 30.3 Å². The number of hydrogen-bond acceptors (Lipinski definition) is 4. The predicted molar refractivity (Wildman–Crippen MR) is 100 cm³/mol. The van der Waals surface area contributed by atoms with E-state index in [0.717, 1.165) is 16.7 Å². The van der Waals surface area contributed by atoms with E-state index in [1.54, 1.807) is 32.0 Å². The summed E-state index contributed by atoms with van der Waals surface area (Å²) in [5.41, 5.74) is 2.94. The molecule has 0 fully saturated rings. The average Bonchev–Trinajstić information content (AvgIpc) is 2.62. The highest BCUT2D eigenvalue weighted by Crippen LogP contribution is 2.33. The minimum Gasteiger partial charge on any atom is -0.488 e. The molecule has 0 heterocycles. The predicted octanol–water partition coefficient (Wildman–Crippen LogP) is 5.57. The van der Waals surface area contributed by atoms with Gasteiger partial charge in [0.1, 0.15) is 18.1 Å². The summed E-state index contributed by atoms with van der Waals surface area (Å²) in [4.78, 5) is 11.7. The number of halogens is 2. The fourth-order valence-corrected chi connectivity index (χ4v) is 2.77. The zero-order chi connectivity index (χ0) is 19.3. The molecule has 26 heavy (non-hydrogen) atoms. The third kappa shape index (κ3) is 4.75. The van der Waals surface area contributed by atoms with Gasteiger partial charge in [0, 0.05) is 17.7 Å². The van der Waals surface area contributed by atoms with Crippen LogP contribution in [0.4, 0.5) is 8.78 Å². The molecule has 6 heteroatoms. The molecule has 0 atom stereocenters. The van der Waals surface area contributed by atoms with Gasteiger partial charge in [0.15, 0.2) is 0 Å². The van der Waals surface area contributed by atoms with E-state index < -0.39 is 6.43 Å². The van der Waals surface area contributed by atoms with Gasteiger partial charge in [-0.3, -0.25) is 4.79 Å². The van der Waals surface area contributed by atoms with E-state index in [9.17, 15) is 13.6 Å². The molecule has 2 aromatic carbocycles. The van der Waals surface area contributed by atoms with Crippen molar-refractivity contribution in [3.05, 3.63) is 58.1 Å². The Bertz CT molecular complexity index is 791. The smallest absolute Gasteiger partial charge is 0.310 e. The maximum atomic E-state index is 13.3. The summed E-state index contributed by atoms with van der Waals surface area (Å²) in [5, 5.41) is 0. The van der Waals surface area contributed by atoms with Gasteiger partial charge < -0.3 is 9.47 Å². The van der Waals surface area contributed by atoms with Gasteiger partial charge >= 0.3 is 5.97 Å². The first kappa shape index (κ1) is 20.2. The van der Waals surface area contributed by atoms with Crippen LogP contribution in [-0.4, -0.2) is 5.97 Å². The van der Waals surface area contributed by atoms with Crippen LogP contribution in [0.2, 0.25) is 0 Å². The fourth-order valence-electron chi connectivity index (χ4n) is 2.47. The first-order valence-electron chi connectivity index (χ1n) is 8.31. The van der Waals surface area contributed by atoms with E-state index in [1.165, 1.54) is 6.07 Å². The second kappa shape index (κ2) is 9.03. The van der Waals surface area contributed by atoms with E-state index in [2.05, 4.69) is 12.6 Å². The average molecular weight is 380 g/mol. The Hall–Kier alpha value is -2.08. The molecule has 0 aliphatic heterocycles. The minimum absolute atomic E-state index is 0.00524. The first-order chi connectivity index (χ1) is 12.4. The highest BCUT2D eigenvalue weighted by atomic mass is 32.1. The molecule has 2 rings (SSSR count). The largest absolute Gasteiger partial charge is 0.488 e. The van der Waals surface area contributed by atoms with Crippen LogP contribution in [0.3, 0.4) is 0 Å². The molecule has 2 aromatic rings. The molecule has 0 bridgehead atoms. The highest BCUT2D eigenvalue weighted by Gasteiger charge is 2.18. The third-order valence-corrected chi connectivity index (χ3v) is 4.49. The van der Waals surface area contributed by atoms with Gasteiger partial charge in [-0.1, -0.05) is 19.1 Å². The van der Waals surface area contributed by atoms with Crippen molar-refractivity contribution < 1.29 is 23.0 Å². The second-order valence-corrected chi connectivity index (χ2v) is 6.26. The quantitative estimate of drug-likeness (QED) is 0.388. The summed E-state index contributed by atoms with van der Waals surface area (Å²) >= 11 is 4.29. The van der Waals surface area contributed by atoms with Crippen LogP contribution in [0.15, 0.2) is 30.3 Å². The SMILES string of the molecule is CCC(=O)Oc1cccc(CS)c1COc1cc(C)c(C)cc1C(F)F. The number of hydrogen-bond donors (Lipinski definition) is 1. The van der Waals surface area contributed by atoms with Crippen LogP contribution >= 0.6 is 12.6 Å². The molecule has 0 N–H and O–H groups in total. The summed E-state index contributed by atoms with van der Waals surface area (Å²) in [6, 6.07) is 8.31. The number of carbonyl (C=O) groups is 1. The van der Waals surface area contributed by atoms with Crippen LogP contribution in [0, 0.1) is 13.8 Å². The van der Waals surface area contributed by atoms with Gasteiger partial charge in [-0.25, -0.2) is 8.78 Å². The lowest BCUT2D eigenvalue weighted by Crippen LogP contribution is -2.10. The second-order valence-electron chi connectivity index (χ2n) is 5.94. The molecule has 0 unspecified atom stereocenters. The summed E-state index contributed by atoms with van der Waals surface area (Å²) in [5.74, 6) is 0.530. The van der Waals surface area contributed by atoms with Gasteiger partial charge in [-0.2, -0.15) is 12.6 Å². The van der Waals surface area contributed by atoms with Crippen LogP contribution in [0.1, 0.15) is 47.6 Å². The monoisotopic (exact) mass is 380 g/mol. The lowest BCUT2D eigenvalue weighted by molar-refractivity contribution is -0.134. The van der Waals surface area contributed by atoms with E-state index >= 15 is 0 Å². The summed E-state index contributed by atoms with van der Waals surface area (Å²) in [6.45, 7) is 5.33. The minimum atomic E-state index is -2.64. The van der Waals surface area contributed by atoms with Crippen LogP contribution < -0.4 is 9.47 Å². The normalized spacial score (nSPS) is 10.9. The first-order valence-corrected chi connectivity index (χ1v) is 8.95. The Labute approximate surface area is 157 Å². The Morgan fingerprint density at radius 1 is 1.15 bits per heavy atom. The van der Waals surface area contributed by atoms with Crippen LogP contribution in [-0.2, 0) is 17.2 Å². The van der Waals surface area contributed by atoms with Crippen molar-refractivity contribution in [2.24, 2.45) is 0 Å². The van der Waals surface area contributed by atoms with Crippen LogP contribution in [0.5, 0.6) is 11.5 Å². The van der Waals surface area contributed by atoms with Crippen molar-refractivity contribution in [1.82, 2.24) is 0 Å². The number of thiol groups is 1. The number of ether oxygens (including phenoxy) is 2. The van der Waals surface area contributed by atoms with Crippen molar-refractivity contribution in [2.75, 3.05) is 0 Å². The molecule has 3 nitrogen and oxygen atoms in total. The number of carbonyl (C=O) groups excluding carboxylic acids is 1. The number of aryl methyl sites for hydroxylation is 2. The lowest BCUT2D eigenvalue weighted by atomic mass is 10.0. The molecule has 0 aliphatic carbocycles. The van der Waals surface area contributed by atoms with Gasteiger partial charge in [0.05, 0.1) is 5.56 Å². The number of rotatable bonds is 7. The summed E-state index contributed by atoms with van der Waals surface area (Å²) < 4.78 is 37.8. The Morgan fingerprint density at radius 2 is 1.85 bits per heavy atom. The topological polar surface area (TPSA) is 35.5 Å². The zero-order valence-corrected chi connectivity index (χ0v) is 15.9. The molecular weight excluding hydrogens is 358 g/mol. The summed E-state index contributed by atoms with van der Waals surface area (Å²) in [6.07, 6.45) is -2.40. The Morgan fingerprint density at radius 3 is 2.46 bits per heavy atom. The molecule has 0 saturated carbocycles. The number of benzene rings is 2. The van der Waals surface area contributed by atoms with Crippen molar-refractivity contribution in [3.63, 3.8) is 0 Å². The molecule has 0 amide bonds. The fraction of sp³-hybridized carbons (Fsp3) is 0.350. The zero-order valence-electron chi connectivity index (χ0n) is 15.0. The summed E-state index contributed by atoms with van der Waals surface area (Å²) in [7, 11) is 0. The van der Waals surface area contributed by atoms with Gasteiger partial charge in [-0.15, -0.1) is 0 Å². The van der Waals surface area contributed by atoms with Crippen molar-refractivity contribution >= 4 is 18.6 Å². The van der Waals surface area contributed by atoms with Crippen LogP contribution in [0.25, 0.3) is 0 Å². The molecule has 0 spiro atoms. The molecule has 0 aromatic heterocycles. The van der Waals surface area contributed by atoms with Gasteiger partial charge in [0.25, 0.3) is 6.43 Å². The number of alkyl halides is 2. The molecule has 140 valence electrons. The molecule has 0 aliphatic rings. The Kier molecular flexibility index (Phi) is 7.03. The van der Waals surface area contributed by atoms with Crippen molar-refractivity contribution in [3.8, 4) is 11.5 Å². The van der Waals surface area contributed by atoms with Gasteiger partial charge in [-0.05, 0) is 48.7 Å². The lowest BCUT2D eigenvalue weighted by Gasteiger charge is -2.17. The standard InChI is InChI=1S/C20H22F2O3S/c1-4-19(23)25-17-7-5-6-14(11-26)16(17)10-24-18-9-13(3)12(2)8-15(18)20(21)22/h5-9,20,26H,4,10-11H2,1-3H3.